The number of hydrogen-bond donors (Lipinski definition) is 3. The van der Waals surface area contributed by atoms with Crippen molar-refractivity contribution >= 4 is 41.7 Å². The molecule has 0 saturated heterocycles. The molecule has 0 aliphatic carbocycles. The average molecular weight is 383 g/mol. The molecule has 0 radical (unpaired) electrons. The van der Waals surface area contributed by atoms with Crippen LogP contribution in [-0.2, 0) is 11.3 Å². The first-order valence-electron chi connectivity index (χ1n) is 7.72. The molecule has 1 amide bonds. The zero-order valence-electron chi connectivity index (χ0n) is 13.3. The van der Waals surface area contributed by atoms with Crippen LogP contribution in [0.3, 0.4) is 0 Å². The molecule has 2 rings (SSSR count). The molecule has 0 aliphatic rings. The largest absolute Gasteiger partial charge is 0.347 e. The van der Waals surface area contributed by atoms with Gasteiger partial charge in [-0.1, -0.05) is 66.5 Å². The molecular weight excluding hydrogens is 363 g/mol. The highest BCUT2D eigenvalue weighted by Crippen LogP contribution is 2.28. The molecule has 2 N–H and O–H groups in total. The molecule has 128 valence electrons. The van der Waals surface area contributed by atoms with Gasteiger partial charge < -0.3 is 5.32 Å². The smallest absolute Gasteiger partial charge is 0.247 e. The van der Waals surface area contributed by atoms with Gasteiger partial charge in [-0.3, -0.25) is 10.1 Å². The summed E-state index contributed by atoms with van der Waals surface area (Å²) in [5.74, 6) is -0.188. The predicted molar refractivity (Wildman–Crippen MR) is 104 cm³/mol. The van der Waals surface area contributed by atoms with Gasteiger partial charge in [-0.05, 0) is 29.7 Å². The first-order valence-corrected chi connectivity index (χ1v) is 8.99. The van der Waals surface area contributed by atoms with E-state index in [1.54, 1.807) is 12.1 Å². The Morgan fingerprint density at radius 2 is 1.88 bits per heavy atom. The second kappa shape index (κ2) is 9.33. The molecule has 0 saturated carbocycles. The van der Waals surface area contributed by atoms with Crippen LogP contribution in [0.25, 0.3) is 0 Å². The maximum absolute atomic E-state index is 12.4. The first-order chi connectivity index (χ1) is 11.5. The van der Waals surface area contributed by atoms with Crippen molar-refractivity contribution in [1.29, 1.82) is 0 Å². The van der Waals surface area contributed by atoms with Gasteiger partial charge in [0.1, 0.15) is 5.37 Å². The zero-order valence-corrected chi connectivity index (χ0v) is 15.7. The molecule has 0 fully saturated rings. The van der Waals surface area contributed by atoms with Crippen molar-refractivity contribution < 1.29 is 4.79 Å². The van der Waals surface area contributed by atoms with Crippen molar-refractivity contribution in [3.8, 4) is 0 Å². The number of nitrogens with one attached hydrogen (secondary N) is 2. The van der Waals surface area contributed by atoms with Crippen LogP contribution in [0, 0.1) is 0 Å². The number of carbonyl (C=O) groups is 1. The fourth-order valence-corrected chi connectivity index (χ4v) is 3.04. The van der Waals surface area contributed by atoms with Crippen molar-refractivity contribution in [1.82, 2.24) is 10.6 Å². The minimum atomic E-state index is -0.606. The van der Waals surface area contributed by atoms with Gasteiger partial charge in [-0.25, -0.2) is 0 Å². The Kier molecular flexibility index (Phi) is 7.43. The van der Waals surface area contributed by atoms with E-state index in [0.717, 1.165) is 11.1 Å². The Morgan fingerprint density at radius 3 is 2.50 bits per heavy atom. The van der Waals surface area contributed by atoms with Crippen LogP contribution < -0.4 is 10.6 Å². The number of hydrogen-bond acceptors (Lipinski definition) is 3. The van der Waals surface area contributed by atoms with Gasteiger partial charge in [0.15, 0.2) is 0 Å². The minimum Gasteiger partial charge on any atom is -0.347 e. The van der Waals surface area contributed by atoms with Crippen molar-refractivity contribution in [3.63, 3.8) is 0 Å². The number of rotatable bonds is 7. The summed E-state index contributed by atoms with van der Waals surface area (Å²) < 4.78 is 0. The fourth-order valence-electron chi connectivity index (χ4n) is 2.34. The Morgan fingerprint density at radius 1 is 1.17 bits per heavy atom. The zero-order chi connectivity index (χ0) is 17.5. The van der Waals surface area contributed by atoms with Crippen LogP contribution in [0.5, 0.6) is 0 Å². The van der Waals surface area contributed by atoms with Gasteiger partial charge in [0.2, 0.25) is 5.91 Å². The third-order valence-electron chi connectivity index (χ3n) is 3.65. The molecule has 0 spiro atoms. The molecule has 0 aliphatic heterocycles. The Bertz CT molecular complexity index is 682. The van der Waals surface area contributed by atoms with Crippen molar-refractivity contribution in [2.24, 2.45) is 0 Å². The predicted octanol–water partition coefficient (Wildman–Crippen LogP) is 4.61. The van der Waals surface area contributed by atoms with E-state index in [2.05, 4.69) is 23.3 Å². The molecular formula is C18H20Cl2N2OS. The summed E-state index contributed by atoms with van der Waals surface area (Å²) in [5.41, 5.74) is 1.94. The molecule has 0 heterocycles. The quantitative estimate of drug-likeness (QED) is 0.483. The highest BCUT2D eigenvalue weighted by molar-refractivity contribution is 7.81. The topological polar surface area (TPSA) is 41.1 Å². The van der Waals surface area contributed by atoms with Crippen molar-refractivity contribution in [2.75, 3.05) is 0 Å². The molecule has 0 bridgehead atoms. The van der Waals surface area contributed by atoms with E-state index in [9.17, 15) is 4.79 Å². The van der Waals surface area contributed by atoms with Crippen LogP contribution in [0.15, 0.2) is 48.5 Å². The molecule has 3 nitrogen and oxygen atoms in total. The highest BCUT2D eigenvalue weighted by Gasteiger charge is 2.20. The van der Waals surface area contributed by atoms with E-state index < -0.39 is 5.37 Å². The van der Waals surface area contributed by atoms with Gasteiger partial charge in [0.05, 0.1) is 6.04 Å². The second-order valence-corrected chi connectivity index (χ2v) is 6.76. The monoisotopic (exact) mass is 382 g/mol. The lowest BCUT2D eigenvalue weighted by molar-refractivity contribution is -0.121. The van der Waals surface area contributed by atoms with Gasteiger partial charge >= 0.3 is 0 Å². The lowest BCUT2D eigenvalue weighted by Gasteiger charge is -2.21. The lowest BCUT2D eigenvalue weighted by Crippen LogP contribution is -2.41. The van der Waals surface area contributed by atoms with E-state index in [1.165, 1.54) is 0 Å². The molecule has 2 unspecified atom stereocenters. The van der Waals surface area contributed by atoms with Gasteiger partial charge in [-0.2, -0.15) is 12.6 Å². The maximum atomic E-state index is 12.4. The summed E-state index contributed by atoms with van der Waals surface area (Å²) in [6, 6.07) is 15.0. The molecule has 2 aromatic carbocycles. The van der Waals surface area contributed by atoms with E-state index in [4.69, 9.17) is 23.2 Å². The third-order valence-corrected chi connectivity index (χ3v) is 4.63. The molecule has 2 aromatic rings. The van der Waals surface area contributed by atoms with Gasteiger partial charge in [-0.15, -0.1) is 0 Å². The van der Waals surface area contributed by atoms with Crippen LogP contribution >= 0.6 is 35.8 Å². The molecule has 24 heavy (non-hydrogen) atoms. The average Bonchev–Trinajstić information content (AvgIpc) is 2.58. The summed E-state index contributed by atoms with van der Waals surface area (Å²) in [6.45, 7) is 2.56. The Balaban J connectivity index is 1.95. The van der Waals surface area contributed by atoms with E-state index in [1.807, 2.05) is 43.3 Å². The summed E-state index contributed by atoms with van der Waals surface area (Å²) in [7, 11) is 0. The first kappa shape index (κ1) is 19.1. The number of benzene rings is 2. The molecule has 2 atom stereocenters. The van der Waals surface area contributed by atoms with Crippen LogP contribution in [0.2, 0.25) is 10.0 Å². The summed E-state index contributed by atoms with van der Waals surface area (Å²) in [6.07, 6.45) is 0.715. The van der Waals surface area contributed by atoms with Crippen molar-refractivity contribution in [2.45, 2.75) is 31.3 Å². The van der Waals surface area contributed by atoms with E-state index in [-0.39, 0.29) is 11.9 Å². The fraction of sp³-hybridized carbons (Fsp3) is 0.278. The molecule has 6 heteroatoms. The number of carbonyl (C=O) groups excluding carboxylic acids is 1. The Labute approximate surface area is 158 Å². The van der Waals surface area contributed by atoms with Crippen molar-refractivity contribution in [3.05, 3.63) is 69.7 Å². The highest BCUT2D eigenvalue weighted by atomic mass is 35.5. The van der Waals surface area contributed by atoms with Gasteiger partial charge in [0, 0.05) is 16.6 Å². The van der Waals surface area contributed by atoms with E-state index in [0.29, 0.717) is 23.0 Å². The number of amides is 1. The number of halogens is 2. The standard InChI is InChI=1S/C18H20Cl2N2OS/c1-2-16(14-9-8-13(19)10-15(14)20)22-17(23)18(24)21-11-12-6-4-3-5-7-12/h3-10,16,18,21,24H,2,11H2,1H3,(H,22,23). The normalized spacial score (nSPS) is 13.3. The summed E-state index contributed by atoms with van der Waals surface area (Å²) >= 11 is 16.5. The third kappa shape index (κ3) is 5.42. The molecule has 0 aromatic heterocycles. The second-order valence-electron chi connectivity index (χ2n) is 5.40. The van der Waals surface area contributed by atoms with Crippen LogP contribution in [-0.4, -0.2) is 11.3 Å². The lowest BCUT2D eigenvalue weighted by atomic mass is 10.0. The number of thiol groups is 1. The summed E-state index contributed by atoms with van der Waals surface area (Å²) in [5, 5.41) is 6.58. The minimum absolute atomic E-state index is 0.185. The maximum Gasteiger partial charge on any atom is 0.247 e. The van der Waals surface area contributed by atoms with Gasteiger partial charge in [0.25, 0.3) is 0 Å². The van der Waals surface area contributed by atoms with Crippen LogP contribution in [0.4, 0.5) is 0 Å². The van der Waals surface area contributed by atoms with Crippen LogP contribution in [0.1, 0.15) is 30.5 Å². The van der Waals surface area contributed by atoms with E-state index >= 15 is 0 Å². The SMILES string of the molecule is CCC(NC(=O)C(S)NCc1ccccc1)c1ccc(Cl)cc1Cl. The summed E-state index contributed by atoms with van der Waals surface area (Å²) in [4.78, 5) is 12.4. The Hall–Kier alpha value is -1.20.